The standard InChI is InChI=1S/C23H30N4O2Si/c1-16-11-18(7-8-24-16)20-12-19-14-25-22(26-23(28)17-5-6-17)13-21(19)27(20)15-29-9-10-30(2,3)4/h7-8,11-14,17H,5-6,9-10,15H2,1-4H3,(H,25,26,28). The Morgan fingerprint density at radius 3 is 2.73 bits per heavy atom. The minimum absolute atomic E-state index is 0.0660. The lowest BCUT2D eigenvalue weighted by Crippen LogP contribution is -2.22. The number of nitrogens with zero attached hydrogens (tertiary/aromatic N) is 3. The molecule has 1 N–H and O–H groups in total. The summed E-state index contributed by atoms with van der Waals surface area (Å²) in [5, 5.41) is 3.99. The Hall–Kier alpha value is -2.51. The molecule has 1 aliphatic carbocycles. The first-order valence-corrected chi connectivity index (χ1v) is 14.3. The summed E-state index contributed by atoms with van der Waals surface area (Å²) < 4.78 is 8.27. The van der Waals surface area contributed by atoms with Crippen LogP contribution in [0.4, 0.5) is 5.82 Å². The molecule has 1 saturated carbocycles. The average molecular weight is 423 g/mol. The summed E-state index contributed by atoms with van der Waals surface area (Å²) in [6.07, 6.45) is 5.61. The molecule has 3 aromatic heterocycles. The summed E-state index contributed by atoms with van der Waals surface area (Å²) in [4.78, 5) is 21.0. The molecule has 158 valence electrons. The fourth-order valence-electron chi connectivity index (χ4n) is 3.41. The van der Waals surface area contributed by atoms with Crippen LogP contribution in [0.1, 0.15) is 18.5 Å². The molecule has 0 atom stereocenters. The van der Waals surface area contributed by atoms with Crippen molar-refractivity contribution in [3.8, 4) is 11.3 Å². The van der Waals surface area contributed by atoms with Gasteiger partial charge in [-0.1, -0.05) is 19.6 Å². The number of amides is 1. The smallest absolute Gasteiger partial charge is 0.228 e. The number of nitrogens with one attached hydrogen (secondary N) is 1. The average Bonchev–Trinajstić information content (AvgIpc) is 3.47. The number of aryl methyl sites for hydroxylation is 1. The fourth-order valence-corrected chi connectivity index (χ4v) is 4.17. The van der Waals surface area contributed by atoms with Gasteiger partial charge in [0.1, 0.15) is 12.5 Å². The van der Waals surface area contributed by atoms with Crippen molar-refractivity contribution in [2.75, 3.05) is 11.9 Å². The number of aromatic nitrogens is 3. The molecule has 1 amide bonds. The van der Waals surface area contributed by atoms with Gasteiger partial charge >= 0.3 is 0 Å². The molecule has 0 spiro atoms. The first kappa shape index (κ1) is 20.7. The molecule has 0 saturated heterocycles. The van der Waals surface area contributed by atoms with Gasteiger partial charge < -0.3 is 14.6 Å². The van der Waals surface area contributed by atoms with Crippen molar-refractivity contribution in [2.45, 2.75) is 52.2 Å². The topological polar surface area (TPSA) is 69.0 Å². The maximum Gasteiger partial charge on any atom is 0.228 e. The first-order chi connectivity index (χ1) is 14.3. The van der Waals surface area contributed by atoms with Crippen molar-refractivity contribution in [3.63, 3.8) is 0 Å². The van der Waals surface area contributed by atoms with E-state index in [1.165, 1.54) is 0 Å². The maximum atomic E-state index is 12.2. The van der Waals surface area contributed by atoms with Gasteiger partial charge in [-0.2, -0.15) is 0 Å². The molecular weight excluding hydrogens is 392 g/mol. The highest BCUT2D eigenvalue weighted by Gasteiger charge is 2.29. The van der Waals surface area contributed by atoms with Crippen molar-refractivity contribution in [1.82, 2.24) is 14.5 Å². The van der Waals surface area contributed by atoms with Crippen molar-refractivity contribution in [1.29, 1.82) is 0 Å². The quantitative estimate of drug-likeness (QED) is 0.407. The maximum absolute atomic E-state index is 12.2. The van der Waals surface area contributed by atoms with E-state index in [2.05, 4.69) is 51.6 Å². The molecule has 30 heavy (non-hydrogen) atoms. The third-order valence-electron chi connectivity index (χ3n) is 5.39. The molecule has 6 nitrogen and oxygen atoms in total. The molecule has 4 rings (SSSR count). The number of hydrogen-bond acceptors (Lipinski definition) is 4. The minimum atomic E-state index is -1.15. The van der Waals surface area contributed by atoms with Crippen LogP contribution in [-0.4, -0.2) is 35.1 Å². The first-order valence-electron chi connectivity index (χ1n) is 10.6. The van der Waals surface area contributed by atoms with E-state index in [9.17, 15) is 4.79 Å². The Kier molecular flexibility index (Phi) is 5.75. The zero-order valence-corrected chi connectivity index (χ0v) is 19.2. The second-order valence-electron chi connectivity index (χ2n) is 9.38. The Bertz CT molecular complexity index is 1070. The monoisotopic (exact) mass is 422 g/mol. The highest BCUT2D eigenvalue weighted by Crippen LogP contribution is 2.32. The highest BCUT2D eigenvalue weighted by atomic mass is 28.3. The van der Waals surface area contributed by atoms with E-state index < -0.39 is 8.07 Å². The number of carbonyl (C=O) groups excluding carboxylic acids is 1. The van der Waals surface area contributed by atoms with Gasteiger partial charge in [0.05, 0.1) is 11.2 Å². The van der Waals surface area contributed by atoms with Crippen molar-refractivity contribution >= 4 is 30.7 Å². The van der Waals surface area contributed by atoms with Crippen LogP contribution in [0.25, 0.3) is 22.2 Å². The van der Waals surface area contributed by atoms with E-state index in [1.54, 1.807) is 0 Å². The molecule has 1 aliphatic rings. The molecule has 3 heterocycles. The van der Waals surface area contributed by atoms with Crippen molar-refractivity contribution in [2.24, 2.45) is 5.92 Å². The molecular formula is C23H30N4O2Si. The van der Waals surface area contributed by atoms with Crippen LogP contribution in [0, 0.1) is 12.8 Å². The molecule has 1 fully saturated rings. The van der Waals surface area contributed by atoms with Crippen LogP contribution < -0.4 is 5.32 Å². The molecule has 7 heteroatoms. The molecule has 0 aromatic carbocycles. The number of anilines is 1. The number of fused-ring (bicyclic) bond motifs is 1. The van der Waals surface area contributed by atoms with Gasteiger partial charge in [0, 0.05) is 55.7 Å². The third-order valence-corrected chi connectivity index (χ3v) is 7.10. The number of pyridine rings is 2. The number of carbonyl (C=O) groups is 1. The summed E-state index contributed by atoms with van der Waals surface area (Å²) >= 11 is 0. The predicted octanol–water partition coefficient (Wildman–Crippen LogP) is 5.07. The van der Waals surface area contributed by atoms with Gasteiger partial charge in [0.2, 0.25) is 5.91 Å². The van der Waals surface area contributed by atoms with Crippen molar-refractivity contribution < 1.29 is 9.53 Å². The molecule has 0 radical (unpaired) electrons. The van der Waals surface area contributed by atoms with Gasteiger partial charge in [-0.15, -0.1) is 0 Å². The number of hydrogen-bond donors (Lipinski definition) is 1. The van der Waals surface area contributed by atoms with Crippen LogP contribution in [0.2, 0.25) is 25.7 Å². The van der Waals surface area contributed by atoms with E-state index in [-0.39, 0.29) is 11.8 Å². The van der Waals surface area contributed by atoms with E-state index in [0.717, 1.165) is 53.3 Å². The second kappa shape index (κ2) is 8.32. The van der Waals surface area contributed by atoms with Gasteiger partial charge in [0.15, 0.2) is 0 Å². The summed E-state index contributed by atoms with van der Waals surface area (Å²) in [5.41, 5.74) is 4.14. The van der Waals surface area contributed by atoms with Crippen LogP contribution in [0.15, 0.2) is 36.7 Å². The Morgan fingerprint density at radius 1 is 1.23 bits per heavy atom. The summed E-state index contributed by atoms with van der Waals surface area (Å²) in [6, 6.07) is 9.31. The highest BCUT2D eigenvalue weighted by molar-refractivity contribution is 6.76. The summed E-state index contributed by atoms with van der Waals surface area (Å²) in [6.45, 7) is 10.3. The Balaban J connectivity index is 1.66. The van der Waals surface area contributed by atoms with E-state index in [0.29, 0.717) is 12.5 Å². The van der Waals surface area contributed by atoms with Crippen LogP contribution in [-0.2, 0) is 16.3 Å². The predicted molar refractivity (Wildman–Crippen MR) is 123 cm³/mol. The largest absolute Gasteiger partial charge is 0.361 e. The summed E-state index contributed by atoms with van der Waals surface area (Å²) in [7, 11) is -1.15. The van der Waals surface area contributed by atoms with Crippen LogP contribution in [0.3, 0.4) is 0 Å². The molecule has 0 bridgehead atoms. The normalized spacial score (nSPS) is 14.3. The molecule has 3 aromatic rings. The minimum Gasteiger partial charge on any atom is -0.361 e. The zero-order chi connectivity index (χ0) is 21.3. The lowest BCUT2D eigenvalue weighted by molar-refractivity contribution is -0.117. The Labute approximate surface area is 178 Å². The molecule has 0 aliphatic heterocycles. The van der Waals surface area contributed by atoms with E-state index >= 15 is 0 Å². The van der Waals surface area contributed by atoms with E-state index in [1.807, 2.05) is 31.5 Å². The van der Waals surface area contributed by atoms with Crippen molar-refractivity contribution in [3.05, 3.63) is 42.4 Å². The van der Waals surface area contributed by atoms with Crippen LogP contribution in [0.5, 0.6) is 0 Å². The second-order valence-corrected chi connectivity index (χ2v) is 15.0. The van der Waals surface area contributed by atoms with Gasteiger partial charge in [-0.3, -0.25) is 9.78 Å². The SMILES string of the molecule is Cc1cc(-c2cc3cnc(NC(=O)C4CC4)cc3n2COCC[Si](C)(C)C)ccn1. The zero-order valence-electron chi connectivity index (χ0n) is 18.2. The van der Waals surface area contributed by atoms with Gasteiger partial charge in [0.25, 0.3) is 0 Å². The van der Waals surface area contributed by atoms with E-state index in [4.69, 9.17) is 4.74 Å². The van der Waals surface area contributed by atoms with Crippen LogP contribution >= 0.6 is 0 Å². The Morgan fingerprint density at radius 2 is 2.03 bits per heavy atom. The lowest BCUT2D eigenvalue weighted by atomic mass is 10.1. The van der Waals surface area contributed by atoms with Gasteiger partial charge in [-0.05, 0) is 44.0 Å². The number of rotatable bonds is 8. The third kappa shape index (κ3) is 4.96. The number of ether oxygens (including phenoxy) is 1. The summed E-state index contributed by atoms with van der Waals surface area (Å²) in [5.74, 6) is 0.809. The van der Waals surface area contributed by atoms with Gasteiger partial charge in [-0.25, -0.2) is 4.98 Å². The fraction of sp³-hybridized carbons (Fsp3) is 0.435. The lowest BCUT2D eigenvalue weighted by Gasteiger charge is -2.17. The molecule has 0 unspecified atom stereocenters.